The Kier molecular flexibility index (Phi) is 5.29. The monoisotopic (exact) mass is 430 g/mol. The van der Waals surface area contributed by atoms with Gasteiger partial charge in [-0.3, -0.25) is 0 Å². The molecule has 1 N–H and O–H groups in total. The van der Waals surface area contributed by atoms with Crippen molar-refractivity contribution in [3.63, 3.8) is 0 Å². The van der Waals surface area contributed by atoms with E-state index in [2.05, 4.69) is 15.9 Å². The molecule has 0 saturated carbocycles. The Bertz CT molecular complexity index is 1010. The van der Waals surface area contributed by atoms with Crippen molar-refractivity contribution in [1.82, 2.24) is 0 Å². The molecule has 0 fully saturated rings. The van der Waals surface area contributed by atoms with Gasteiger partial charge in [-0.2, -0.15) is 0 Å². The molecule has 0 radical (unpaired) electrons. The topological polar surface area (TPSA) is 29.5 Å². The number of para-hydroxylation sites is 1. The lowest BCUT2D eigenvalue weighted by atomic mass is 9.80. The molecule has 0 heterocycles. The predicted octanol–water partition coefficient (Wildman–Crippen LogP) is 6.53. The fourth-order valence-electron chi connectivity index (χ4n) is 3.32. The molecule has 0 spiro atoms. The number of halogens is 1. The van der Waals surface area contributed by atoms with Crippen LogP contribution in [0.2, 0.25) is 0 Å². The van der Waals surface area contributed by atoms with Gasteiger partial charge in [-0.15, -0.1) is 0 Å². The summed E-state index contributed by atoms with van der Waals surface area (Å²) in [4.78, 5) is 0. The van der Waals surface area contributed by atoms with Crippen molar-refractivity contribution in [1.29, 1.82) is 0 Å². The van der Waals surface area contributed by atoms with Crippen LogP contribution in [0.4, 0.5) is 0 Å². The van der Waals surface area contributed by atoms with Crippen LogP contribution in [-0.2, 0) is 5.60 Å². The number of hydrogen-bond donors (Lipinski definition) is 1. The first-order valence-corrected chi connectivity index (χ1v) is 9.83. The van der Waals surface area contributed by atoms with Crippen LogP contribution < -0.4 is 4.74 Å². The smallest absolute Gasteiger partial charge is 0.144 e. The number of ether oxygens (including phenoxy) is 1. The van der Waals surface area contributed by atoms with E-state index in [0.29, 0.717) is 17.1 Å². The summed E-state index contributed by atoms with van der Waals surface area (Å²) in [7, 11) is 0. The van der Waals surface area contributed by atoms with Crippen molar-refractivity contribution in [3.05, 3.63) is 130 Å². The summed E-state index contributed by atoms with van der Waals surface area (Å²) in [5.74, 6) is 1.32. The normalized spacial score (nSPS) is 11.2. The van der Waals surface area contributed by atoms with E-state index in [-0.39, 0.29) is 0 Å². The van der Waals surface area contributed by atoms with Crippen LogP contribution in [0.25, 0.3) is 0 Å². The summed E-state index contributed by atoms with van der Waals surface area (Å²) in [5.41, 5.74) is 0.922. The van der Waals surface area contributed by atoms with Gasteiger partial charge in [-0.05, 0) is 41.5 Å². The van der Waals surface area contributed by atoms with E-state index in [0.717, 1.165) is 15.6 Å². The molecular weight excluding hydrogens is 412 g/mol. The first-order valence-electron chi connectivity index (χ1n) is 9.04. The molecular formula is C25H19BrO2. The van der Waals surface area contributed by atoms with Gasteiger partial charge >= 0.3 is 0 Å². The highest BCUT2D eigenvalue weighted by atomic mass is 79.9. The van der Waals surface area contributed by atoms with Crippen molar-refractivity contribution in [2.45, 2.75) is 5.60 Å². The maximum atomic E-state index is 12.0. The molecule has 0 saturated heterocycles. The second-order valence-corrected chi connectivity index (χ2v) is 7.41. The third kappa shape index (κ3) is 3.59. The van der Waals surface area contributed by atoms with Crippen LogP contribution in [0.5, 0.6) is 11.5 Å². The predicted molar refractivity (Wildman–Crippen MR) is 116 cm³/mol. The lowest BCUT2D eigenvalue weighted by Crippen LogP contribution is -2.29. The van der Waals surface area contributed by atoms with Crippen LogP contribution in [0.15, 0.2) is 114 Å². The van der Waals surface area contributed by atoms with E-state index >= 15 is 0 Å². The van der Waals surface area contributed by atoms with Crippen molar-refractivity contribution in [2.24, 2.45) is 0 Å². The Balaban J connectivity index is 1.87. The van der Waals surface area contributed by atoms with Crippen LogP contribution in [-0.4, -0.2) is 5.11 Å². The van der Waals surface area contributed by atoms with E-state index in [1.54, 1.807) is 0 Å². The van der Waals surface area contributed by atoms with Crippen LogP contribution in [0, 0.1) is 0 Å². The molecule has 0 aromatic heterocycles. The number of hydrogen-bond acceptors (Lipinski definition) is 2. The van der Waals surface area contributed by atoms with E-state index in [9.17, 15) is 5.11 Å². The SMILES string of the molecule is OC(c1ccccc1)(c1ccccc1)c1ccccc1Oc1ccc(Br)cc1. The summed E-state index contributed by atoms with van der Waals surface area (Å²) in [6.07, 6.45) is 0. The van der Waals surface area contributed by atoms with Gasteiger partial charge in [0.25, 0.3) is 0 Å². The van der Waals surface area contributed by atoms with Gasteiger partial charge < -0.3 is 9.84 Å². The van der Waals surface area contributed by atoms with E-state index < -0.39 is 5.60 Å². The average Bonchev–Trinajstić information content (AvgIpc) is 2.76. The molecule has 4 aromatic rings. The van der Waals surface area contributed by atoms with Gasteiger partial charge in [-0.1, -0.05) is 94.8 Å². The number of rotatable bonds is 5. The molecule has 3 heteroatoms. The van der Waals surface area contributed by atoms with Crippen LogP contribution >= 0.6 is 15.9 Å². The Morgan fingerprint density at radius 2 is 1.11 bits per heavy atom. The van der Waals surface area contributed by atoms with Crippen molar-refractivity contribution in [3.8, 4) is 11.5 Å². The van der Waals surface area contributed by atoms with Gasteiger partial charge in [0.15, 0.2) is 0 Å². The lowest BCUT2D eigenvalue weighted by Gasteiger charge is -2.31. The van der Waals surface area contributed by atoms with Crippen molar-refractivity contribution < 1.29 is 9.84 Å². The fraction of sp³-hybridized carbons (Fsp3) is 0.0400. The third-order valence-corrected chi connectivity index (χ3v) is 5.23. The highest BCUT2D eigenvalue weighted by molar-refractivity contribution is 9.10. The minimum Gasteiger partial charge on any atom is -0.457 e. The second kappa shape index (κ2) is 8.01. The summed E-state index contributed by atoms with van der Waals surface area (Å²) in [6.45, 7) is 0. The molecule has 0 unspecified atom stereocenters. The zero-order valence-electron chi connectivity index (χ0n) is 15.1. The fourth-order valence-corrected chi connectivity index (χ4v) is 3.58. The molecule has 2 nitrogen and oxygen atoms in total. The Labute approximate surface area is 173 Å². The maximum absolute atomic E-state index is 12.0. The molecule has 0 atom stereocenters. The summed E-state index contributed by atoms with van der Waals surface area (Å²) >= 11 is 3.44. The zero-order valence-corrected chi connectivity index (χ0v) is 16.7. The summed E-state index contributed by atoms with van der Waals surface area (Å²) < 4.78 is 7.16. The average molecular weight is 431 g/mol. The summed E-state index contributed by atoms with van der Waals surface area (Å²) in [6, 6.07) is 34.6. The minimum absolute atomic E-state index is 0.611. The van der Waals surface area contributed by atoms with Crippen molar-refractivity contribution >= 4 is 15.9 Å². The zero-order chi connectivity index (χ0) is 19.4. The molecule has 0 aliphatic heterocycles. The van der Waals surface area contributed by atoms with Crippen molar-refractivity contribution in [2.75, 3.05) is 0 Å². The van der Waals surface area contributed by atoms with E-state index in [1.165, 1.54) is 0 Å². The first kappa shape index (κ1) is 18.5. The molecule has 4 aromatic carbocycles. The second-order valence-electron chi connectivity index (χ2n) is 6.49. The van der Waals surface area contributed by atoms with Crippen LogP contribution in [0.3, 0.4) is 0 Å². The Hall–Kier alpha value is -2.88. The van der Waals surface area contributed by atoms with Gasteiger partial charge in [0, 0.05) is 10.0 Å². The van der Waals surface area contributed by atoms with Gasteiger partial charge in [0.1, 0.15) is 17.1 Å². The van der Waals surface area contributed by atoms with Gasteiger partial charge in [0.2, 0.25) is 0 Å². The molecule has 0 bridgehead atoms. The molecule has 138 valence electrons. The quantitative estimate of drug-likeness (QED) is 0.364. The number of aliphatic hydroxyl groups is 1. The molecule has 28 heavy (non-hydrogen) atoms. The molecule has 4 rings (SSSR count). The highest BCUT2D eigenvalue weighted by Gasteiger charge is 2.36. The molecule has 0 aliphatic rings. The van der Waals surface area contributed by atoms with Crippen LogP contribution in [0.1, 0.15) is 16.7 Å². The minimum atomic E-state index is -1.34. The summed E-state index contributed by atoms with van der Waals surface area (Å²) in [5, 5.41) is 12.0. The molecule has 0 amide bonds. The van der Waals surface area contributed by atoms with Gasteiger partial charge in [0.05, 0.1) is 0 Å². The van der Waals surface area contributed by atoms with Gasteiger partial charge in [-0.25, -0.2) is 0 Å². The Morgan fingerprint density at radius 1 is 0.607 bits per heavy atom. The largest absolute Gasteiger partial charge is 0.457 e. The Morgan fingerprint density at radius 3 is 1.68 bits per heavy atom. The maximum Gasteiger partial charge on any atom is 0.144 e. The molecule has 0 aliphatic carbocycles. The third-order valence-electron chi connectivity index (χ3n) is 4.70. The standard InChI is InChI=1S/C25H19BrO2/c26-21-15-17-22(18-16-21)28-24-14-8-7-13-23(24)25(27,19-9-3-1-4-10-19)20-11-5-2-6-12-20/h1-18,27H. The highest BCUT2D eigenvalue weighted by Crippen LogP contribution is 2.42. The first-order chi connectivity index (χ1) is 13.7. The lowest BCUT2D eigenvalue weighted by molar-refractivity contribution is 0.123. The van der Waals surface area contributed by atoms with E-state index in [4.69, 9.17) is 4.74 Å². The number of benzene rings is 4. The van der Waals surface area contributed by atoms with E-state index in [1.807, 2.05) is 109 Å².